The topological polar surface area (TPSA) is 63.6 Å². The quantitative estimate of drug-likeness (QED) is 0.855. The minimum atomic E-state index is -1.15. The molecule has 2 aromatic carbocycles. The molecule has 0 radical (unpaired) electrons. The zero-order chi connectivity index (χ0) is 15.1. The van der Waals surface area contributed by atoms with E-state index in [1.54, 1.807) is 18.2 Å². The van der Waals surface area contributed by atoms with Crippen molar-refractivity contribution in [3.8, 4) is 0 Å². The Balaban J connectivity index is 1.97. The highest BCUT2D eigenvalue weighted by Crippen LogP contribution is 2.10. The molecule has 0 fully saturated rings. The number of carboxylic acids is 1. The maximum atomic E-state index is 11.9. The fourth-order valence-electron chi connectivity index (χ4n) is 1.80. The molecule has 0 unspecified atom stereocenters. The molecule has 0 aromatic heterocycles. The monoisotopic (exact) mass is 282 g/mol. The van der Waals surface area contributed by atoms with E-state index >= 15 is 0 Å². The van der Waals surface area contributed by atoms with Crippen LogP contribution in [0.15, 0.2) is 60.7 Å². The van der Waals surface area contributed by atoms with E-state index in [0.717, 1.165) is 5.56 Å². The van der Waals surface area contributed by atoms with E-state index in [1.165, 1.54) is 12.1 Å². The first kappa shape index (κ1) is 14.5. The zero-order valence-electron chi connectivity index (χ0n) is 11.2. The van der Waals surface area contributed by atoms with Gasteiger partial charge in [-0.25, -0.2) is 9.59 Å². The summed E-state index contributed by atoms with van der Waals surface area (Å²) in [4.78, 5) is 22.9. The summed E-state index contributed by atoms with van der Waals surface area (Å²) in [7, 11) is 0. The van der Waals surface area contributed by atoms with Crippen LogP contribution in [-0.4, -0.2) is 23.7 Å². The summed E-state index contributed by atoms with van der Waals surface area (Å²) in [5.74, 6) is -1.80. The highest BCUT2D eigenvalue weighted by molar-refractivity contribution is 6.02. The number of esters is 1. The van der Waals surface area contributed by atoms with E-state index in [-0.39, 0.29) is 17.7 Å². The van der Waals surface area contributed by atoms with Crippen molar-refractivity contribution in [1.82, 2.24) is 0 Å². The molecule has 0 aliphatic rings. The predicted molar refractivity (Wildman–Crippen MR) is 79.2 cm³/mol. The van der Waals surface area contributed by atoms with E-state index in [9.17, 15) is 9.59 Å². The molecule has 21 heavy (non-hydrogen) atoms. The van der Waals surface area contributed by atoms with E-state index < -0.39 is 11.9 Å². The second kappa shape index (κ2) is 7.05. The van der Waals surface area contributed by atoms with Gasteiger partial charge in [0.05, 0.1) is 11.1 Å². The number of ether oxygens (including phenoxy) is 1. The van der Waals surface area contributed by atoms with Crippen LogP contribution in [0.1, 0.15) is 26.3 Å². The van der Waals surface area contributed by atoms with Gasteiger partial charge in [-0.1, -0.05) is 48.5 Å². The van der Waals surface area contributed by atoms with Crippen molar-refractivity contribution in [3.63, 3.8) is 0 Å². The van der Waals surface area contributed by atoms with Crippen LogP contribution in [0.3, 0.4) is 0 Å². The highest BCUT2D eigenvalue weighted by atomic mass is 16.5. The van der Waals surface area contributed by atoms with Gasteiger partial charge in [0.1, 0.15) is 6.61 Å². The number of benzene rings is 2. The maximum Gasteiger partial charge on any atom is 0.339 e. The Morgan fingerprint density at radius 3 is 2.24 bits per heavy atom. The number of aromatic carboxylic acids is 1. The molecule has 0 atom stereocenters. The van der Waals surface area contributed by atoms with Crippen molar-refractivity contribution in [2.45, 2.75) is 0 Å². The van der Waals surface area contributed by atoms with E-state index in [1.807, 2.05) is 36.4 Å². The molecule has 0 aliphatic heterocycles. The summed E-state index contributed by atoms with van der Waals surface area (Å²) >= 11 is 0. The molecular weight excluding hydrogens is 268 g/mol. The third-order valence-electron chi connectivity index (χ3n) is 2.80. The lowest BCUT2D eigenvalue weighted by molar-refractivity contribution is 0.0537. The Labute approximate surface area is 122 Å². The molecule has 0 saturated carbocycles. The Kier molecular flexibility index (Phi) is 4.88. The van der Waals surface area contributed by atoms with Crippen LogP contribution in [0.2, 0.25) is 0 Å². The average molecular weight is 282 g/mol. The second-order valence-corrected chi connectivity index (χ2v) is 4.26. The van der Waals surface area contributed by atoms with Crippen LogP contribution in [-0.2, 0) is 4.74 Å². The molecule has 2 aromatic rings. The van der Waals surface area contributed by atoms with Crippen molar-refractivity contribution in [2.24, 2.45) is 0 Å². The van der Waals surface area contributed by atoms with Crippen molar-refractivity contribution in [1.29, 1.82) is 0 Å². The van der Waals surface area contributed by atoms with Crippen LogP contribution >= 0.6 is 0 Å². The third kappa shape index (κ3) is 4.04. The number of rotatable bonds is 5. The highest BCUT2D eigenvalue weighted by Gasteiger charge is 2.16. The van der Waals surface area contributed by atoms with Gasteiger partial charge < -0.3 is 9.84 Å². The summed E-state index contributed by atoms with van der Waals surface area (Å²) in [6, 6.07) is 15.6. The first-order valence-corrected chi connectivity index (χ1v) is 6.39. The molecule has 4 heteroatoms. The molecule has 0 amide bonds. The predicted octanol–water partition coefficient (Wildman–Crippen LogP) is 3.26. The number of hydrogen-bond donors (Lipinski definition) is 1. The van der Waals surface area contributed by atoms with Gasteiger partial charge in [-0.05, 0) is 23.8 Å². The van der Waals surface area contributed by atoms with E-state index in [4.69, 9.17) is 9.84 Å². The number of carbonyl (C=O) groups is 2. The summed E-state index contributed by atoms with van der Waals surface area (Å²) in [5, 5.41) is 9.01. The lowest BCUT2D eigenvalue weighted by Crippen LogP contribution is -2.11. The molecule has 0 bridgehead atoms. The maximum absolute atomic E-state index is 11.9. The number of carboxylic acid groups (broad SMARTS) is 1. The van der Waals surface area contributed by atoms with Gasteiger partial charge >= 0.3 is 11.9 Å². The van der Waals surface area contributed by atoms with Crippen molar-refractivity contribution in [2.75, 3.05) is 6.61 Å². The molecular formula is C17H14O4. The standard InChI is InChI=1S/C17H14O4/c18-16(19)14-10-4-5-11-15(14)17(20)21-12-6-9-13-7-2-1-3-8-13/h1-11H,12H2,(H,18,19). The van der Waals surface area contributed by atoms with Gasteiger partial charge in [-0.15, -0.1) is 0 Å². The molecule has 0 aliphatic carbocycles. The lowest BCUT2D eigenvalue weighted by Gasteiger charge is -2.05. The fraction of sp³-hybridized carbons (Fsp3) is 0.0588. The van der Waals surface area contributed by atoms with Crippen LogP contribution in [0.4, 0.5) is 0 Å². The van der Waals surface area contributed by atoms with Crippen molar-refractivity contribution < 1.29 is 19.4 Å². The van der Waals surface area contributed by atoms with Gasteiger partial charge in [-0.3, -0.25) is 0 Å². The normalized spacial score (nSPS) is 10.5. The molecule has 1 N–H and O–H groups in total. The number of hydrogen-bond acceptors (Lipinski definition) is 3. The first-order chi connectivity index (χ1) is 10.2. The molecule has 0 heterocycles. The SMILES string of the molecule is O=C(O)c1ccccc1C(=O)OCC=Cc1ccccc1. The molecule has 4 nitrogen and oxygen atoms in total. The average Bonchev–Trinajstić information content (AvgIpc) is 2.52. The summed E-state index contributed by atoms with van der Waals surface area (Å²) in [6.45, 7) is 0.0850. The number of carbonyl (C=O) groups excluding carboxylic acids is 1. The van der Waals surface area contributed by atoms with E-state index in [2.05, 4.69) is 0 Å². The van der Waals surface area contributed by atoms with Gasteiger partial charge in [-0.2, -0.15) is 0 Å². The van der Waals surface area contributed by atoms with Gasteiger partial charge in [0.2, 0.25) is 0 Å². The van der Waals surface area contributed by atoms with E-state index in [0.29, 0.717) is 0 Å². The van der Waals surface area contributed by atoms with Crippen molar-refractivity contribution >= 4 is 18.0 Å². The summed E-state index contributed by atoms with van der Waals surface area (Å²) in [6.07, 6.45) is 3.53. The van der Waals surface area contributed by atoms with Crippen LogP contribution < -0.4 is 0 Å². The Morgan fingerprint density at radius 2 is 1.57 bits per heavy atom. The Bertz CT molecular complexity index is 660. The smallest absolute Gasteiger partial charge is 0.339 e. The Morgan fingerprint density at radius 1 is 0.952 bits per heavy atom. The Hall–Kier alpha value is -2.88. The fourth-order valence-corrected chi connectivity index (χ4v) is 1.80. The largest absolute Gasteiger partial charge is 0.478 e. The van der Waals surface area contributed by atoms with Crippen LogP contribution in [0, 0.1) is 0 Å². The van der Waals surface area contributed by atoms with Crippen LogP contribution in [0.25, 0.3) is 6.08 Å². The minimum Gasteiger partial charge on any atom is -0.478 e. The molecule has 2 rings (SSSR count). The van der Waals surface area contributed by atoms with Crippen LogP contribution in [0.5, 0.6) is 0 Å². The van der Waals surface area contributed by atoms with Gasteiger partial charge in [0.25, 0.3) is 0 Å². The minimum absolute atomic E-state index is 0.0538. The molecule has 106 valence electrons. The van der Waals surface area contributed by atoms with Crippen molar-refractivity contribution in [3.05, 3.63) is 77.4 Å². The first-order valence-electron chi connectivity index (χ1n) is 6.39. The zero-order valence-corrected chi connectivity index (χ0v) is 11.2. The molecule has 0 saturated heterocycles. The third-order valence-corrected chi connectivity index (χ3v) is 2.80. The lowest BCUT2D eigenvalue weighted by atomic mass is 10.1. The van der Waals surface area contributed by atoms with Gasteiger partial charge in [0, 0.05) is 0 Å². The van der Waals surface area contributed by atoms with Gasteiger partial charge in [0.15, 0.2) is 0 Å². The summed E-state index contributed by atoms with van der Waals surface area (Å²) in [5.41, 5.74) is 0.993. The second-order valence-electron chi connectivity index (χ2n) is 4.26. The summed E-state index contributed by atoms with van der Waals surface area (Å²) < 4.78 is 5.05. The molecule has 0 spiro atoms.